The Labute approximate surface area is 130 Å². The number of hydrogen-bond donors (Lipinski definition) is 1. The molecule has 21 heavy (non-hydrogen) atoms. The second-order valence-electron chi connectivity index (χ2n) is 4.78. The predicted octanol–water partition coefficient (Wildman–Crippen LogP) is 3.21. The van der Waals surface area contributed by atoms with Crippen molar-refractivity contribution < 1.29 is 14.3 Å². The van der Waals surface area contributed by atoms with E-state index in [2.05, 4.69) is 21.2 Å². The third kappa shape index (κ3) is 3.13. The Morgan fingerprint density at radius 2 is 2.10 bits per heavy atom. The van der Waals surface area contributed by atoms with Gasteiger partial charge in [0.15, 0.2) is 12.4 Å². The first kappa shape index (κ1) is 13.8. The van der Waals surface area contributed by atoms with Crippen molar-refractivity contribution in [3.63, 3.8) is 0 Å². The largest absolute Gasteiger partial charge is 0.482 e. The minimum atomic E-state index is -0.209. The van der Waals surface area contributed by atoms with Gasteiger partial charge in [0, 0.05) is 16.5 Å². The van der Waals surface area contributed by atoms with Crippen LogP contribution in [0.3, 0.4) is 0 Å². The summed E-state index contributed by atoms with van der Waals surface area (Å²) in [5, 5.41) is 2.70. The topological polar surface area (TPSA) is 55.4 Å². The number of nitrogens with one attached hydrogen (secondary N) is 1. The van der Waals surface area contributed by atoms with E-state index in [0.29, 0.717) is 23.4 Å². The van der Waals surface area contributed by atoms with Gasteiger partial charge in [0.05, 0.1) is 5.69 Å². The molecule has 0 spiro atoms. The molecule has 1 aliphatic heterocycles. The van der Waals surface area contributed by atoms with Crippen LogP contribution in [-0.2, 0) is 11.2 Å². The zero-order chi connectivity index (χ0) is 14.8. The van der Waals surface area contributed by atoms with Crippen LogP contribution in [0.15, 0.2) is 46.9 Å². The number of fused-ring (bicyclic) bond motifs is 1. The van der Waals surface area contributed by atoms with Gasteiger partial charge in [-0.25, -0.2) is 0 Å². The maximum atomic E-state index is 12.3. The zero-order valence-electron chi connectivity index (χ0n) is 11.1. The van der Waals surface area contributed by atoms with Crippen molar-refractivity contribution in [2.24, 2.45) is 0 Å². The number of rotatable bonds is 3. The van der Waals surface area contributed by atoms with Crippen LogP contribution in [0.5, 0.6) is 5.75 Å². The average molecular weight is 346 g/mol. The van der Waals surface area contributed by atoms with Crippen molar-refractivity contribution in [3.05, 3.63) is 58.1 Å². The molecule has 1 N–H and O–H groups in total. The Morgan fingerprint density at radius 1 is 1.24 bits per heavy atom. The minimum absolute atomic E-state index is 0.00396. The lowest BCUT2D eigenvalue weighted by Crippen LogP contribution is -2.25. The van der Waals surface area contributed by atoms with Gasteiger partial charge in [-0.2, -0.15) is 0 Å². The van der Waals surface area contributed by atoms with E-state index < -0.39 is 0 Å². The molecular weight excluding hydrogens is 334 g/mol. The third-order valence-electron chi connectivity index (χ3n) is 3.19. The number of benzene rings is 2. The van der Waals surface area contributed by atoms with Gasteiger partial charge in [0.25, 0.3) is 5.91 Å². The van der Waals surface area contributed by atoms with Crippen molar-refractivity contribution in [1.29, 1.82) is 0 Å². The van der Waals surface area contributed by atoms with Crippen molar-refractivity contribution in [1.82, 2.24) is 0 Å². The van der Waals surface area contributed by atoms with Gasteiger partial charge in [0.1, 0.15) is 5.75 Å². The molecular formula is C16H12BrNO3. The van der Waals surface area contributed by atoms with E-state index in [1.54, 1.807) is 18.2 Å². The van der Waals surface area contributed by atoms with Crippen LogP contribution in [0, 0.1) is 0 Å². The monoisotopic (exact) mass is 345 g/mol. The molecule has 1 amide bonds. The summed E-state index contributed by atoms with van der Waals surface area (Å²) in [6.07, 6.45) is 0.313. The molecule has 0 unspecified atom stereocenters. The molecule has 0 fully saturated rings. The number of anilines is 1. The molecule has 0 atom stereocenters. The first-order chi connectivity index (χ1) is 10.1. The number of halogens is 1. The molecule has 0 aromatic heterocycles. The number of amides is 1. The zero-order valence-corrected chi connectivity index (χ0v) is 12.6. The first-order valence-corrected chi connectivity index (χ1v) is 7.25. The molecule has 5 heteroatoms. The van der Waals surface area contributed by atoms with Crippen molar-refractivity contribution in [3.8, 4) is 5.75 Å². The van der Waals surface area contributed by atoms with Crippen LogP contribution >= 0.6 is 15.9 Å². The van der Waals surface area contributed by atoms with Crippen molar-refractivity contribution in [2.45, 2.75) is 6.42 Å². The normalized spacial score (nSPS) is 13.1. The highest BCUT2D eigenvalue weighted by molar-refractivity contribution is 9.10. The van der Waals surface area contributed by atoms with Crippen LogP contribution in [0.2, 0.25) is 0 Å². The molecule has 3 rings (SSSR count). The lowest BCUT2D eigenvalue weighted by Gasteiger charge is -2.18. The summed E-state index contributed by atoms with van der Waals surface area (Å²) in [5.74, 6) is 0.378. The fraction of sp³-hybridized carbons (Fsp3) is 0.125. The Hall–Kier alpha value is -2.14. The molecule has 2 aromatic carbocycles. The lowest BCUT2D eigenvalue weighted by molar-refractivity contribution is -0.118. The molecule has 2 aromatic rings. The maximum absolute atomic E-state index is 12.3. The Morgan fingerprint density at radius 3 is 2.90 bits per heavy atom. The van der Waals surface area contributed by atoms with Crippen LogP contribution in [0.4, 0.5) is 5.69 Å². The smallest absolute Gasteiger partial charge is 0.262 e. The average Bonchev–Trinajstić information content (AvgIpc) is 2.46. The van der Waals surface area contributed by atoms with E-state index in [-0.39, 0.29) is 18.3 Å². The van der Waals surface area contributed by atoms with E-state index in [1.807, 2.05) is 24.3 Å². The van der Waals surface area contributed by atoms with Crippen molar-refractivity contribution in [2.75, 3.05) is 11.9 Å². The summed E-state index contributed by atoms with van der Waals surface area (Å²) in [4.78, 5) is 23.6. The number of carbonyl (C=O) groups is 2. The van der Waals surface area contributed by atoms with E-state index in [1.165, 1.54) is 0 Å². The molecule has 0 radical (unpaired) electrons. The Bertz CT molecular complexity index is 727. The van der Waals surface area contributed by atoms with Crippen LogP contribution in [-0.4, -0.2) is 18.3 Å². The maximum Gasteiger partial charge on any atom is 0.262 e. The van der Waals surface area contributed by atoms with Crippen LogP contribution in [0.1, 0.15) is 15.9 Å². The molecule has 0 aliphatic carbocycles. The second kappa shape index (κ2) is 5.69. The number of hydrogen-bond acceptors (Lipinski definition) is 3. The van der Waals surface area contributed by atoms with Gasteiger partial charge in [-0.3, -0.25) is 9.59 Å². The number of ether oxygens (including phenoxy) is 1. The summed E-state index contributed by atoms with van der Waals surface area (Å²) >= 11 is 3.39. The Balaban J connectivity index is 1.82. The molecule has 0 bridgehead atoms. The van der Waals surface area contributed by atoms with E-state index >= 15 is 0 Å². The van der Waals surface area contributed by atoms with Gasteiger partial charge in [-0.15, -0.1) is 0 Å². The fourth-order valence-corrected chi connectivity index (χ4v) is 2.64. The highest BCUT2D eigenvalue weighted by Gasteiger charge is 2.17. The van der Waals surface area contributed by atoms with E-state index in [9.17, 15) is 9.59 Å². The standard InChI is InChI=1S/C16H12BrNO3/c17-12-3-1-2-10(6-12)7-14(19)11-4-5-15-13(8-11)18-16(20)9-21-15/h1-6,8H,7,9H2,(H,18,20). The predicted molar refractivity (Wildman–Crippen MR) is 82.7 cm³/mol. The summed E-state index contributed by atoms with van der Waals surface area (Å²) in [5.41, 5.74) is 2.04. The number of ketones is 1. The highest BCUT2D eigenvalue weighted by Crippen LogP contribution is 2.29. The summed E-state index contributed by atoms with van der Waals surface area (Å²) < 4.78 is 6.22. The van der Waals surface area contributed by atoms with Crippen molar-refractivity contribution >= 4 is 33.3 Å². The molecule has 1 aliphatic rings. The highest BCUT2D eigenvalue weighted by atomic mass is 79.9. The SMILES string of the molecule is O=C1COc2ccc(C(=O)Cc3cccc(Br)c3)cc2N1. The third-order valence-corrected chi connectivity index (χ3v) is 3.68. The molecule has 0 saturated carbocycles. The summed E-state index contributed by atoms with van der Waals surface area (Å²) in [6, 6.07) is 12.7. The first-order valence-electron chi connectivity index (χ1n) is 6.46. The van der Waals surface area contributed by atoms with Gasteiger partial charge in [0.2, 0.25) is 0 Å². The number of Topliss-reactive ketones (excluding diaryl/α,β-unsaturated/α-hetero) is 1. The van der Waals surface area contributed by atoms with E-state index in [4.69, 9.17) is 4.74 Å². The van der Waals surface area contributed by atoms with Gasteiger partial charge in [-0.05, 0) is 35.9 Å². The molecule has 106 valence electrons. The molecule has 4 nitrogen and oxygen atoms in total. The quantitative estimate of drug-likeness (QED) is 0.869. The molecule has 0 saturated heterocycles. The summed E-state index contributed by atoms with van der Waals surface area (Å²) in [7, 11) is 0. The Kier molecular flexibility index (Phi) is 3.75. The van der Waals surface area contributed by atoms with Gasteiger partial charge in [-0.1, -0.05) is 28.1 Å². The van der Waals surface area contributed by atoms with Gasteiger partial charge >= 0.3 is 0 Å². The molecule has 1 heterocycles. The summed E-state index contributed by atoms with van der Waals surface area (Å²) in [6.45, 7) is 0.0122. The van der Waals surface area contributed by atoms with Crippen LogP contribution in [0.25, 0.3) is 0 Å². The second-order valence-corrected chi connectivity index (χ2v) is 5.69. The fourth-order valence-electron chi connectivity index (χ4n) is 2.19. The van der Waals surface area contributed by atoms with Gasteiger partial charge < -0.3 is 10.1 Å². The lowest BCUT2D eigenvalue weighted by atomic mass is 10.0. The van der Waals surface area contributed by atoms with Crippen LogP contribution < -0.4 is 10.1 Å². The number of carbonyl (C=O) groups excluding carboxylic acids is 2. The van der Waals surface area contributed by atoms with E-state index in [0.717, 1.165) is 10.0 Å². The minimum Gasteiger partial charge on any atom is -0.482 e.